The van der Waals surface area contributed by atoms with Gasteiger partial charge in [-0.2, -0.15) is 5.26 Å². The van der Waals surface area contributed by atoms with Crippen LogP contribution in [0.25, 0.3) is 0 Å². The molecule has 1 heterocycles. The van der Waals surface area contributed by atoms with Crippen molar-refractivity contribution in [1.29, 1.82) is 5.26 Å². The lowest BCUT2D eigenvalue weighted by Gasteiger charge is -2.30. The van der Waals surface area contributed by atoms with Crippen molar-refractivity contribution in [1.82, 2.24) is 0 Å². The molecule has 1 aromatic carbocycles. The fraction of sp³-hybridized carbons (Fsp3) is 0.533. The van der Waals surface area contributed by atoms with Crippen molar-refractivity contribution in [3.8, 4) is 11.8 Å². The lowest BCUT2D eigenvalue weighted by atomic mass is 10.0. The van der Waals surface area contributed by atoms with E-state index < -0.39 is 0 Å². The minimum atomic E-state index is 0.532. The molecule has 3 nitrogen and oxygen atoms in total. The highest BCUT2D eigenvalue weighted by atomic mass is 16.5. The molecule has 1 aliphatic rings. The highest BCUT2D eigenvalue weighted by Crippen LogP contribution is 2.34. The lowest BCUT2D eigenvalue weighted by Crippen LogP contribution is -2.33. The standard InChI is InChI=1S/C15H20N2O/c1-11(2)14-5-4-8-17(14)15-9-13(18-3)7-6-12(15)10-16/h6-7,9,11,14H,4-5,8H2,1-3H3. The molecule has 0 bridgehead atoms. The van der Waals surface area contributed by atoms with Crippen molar-refractivity contribution in [2.45, 2.75) is 32.7 Å². The molecule has 0 aromatic heterocycles. The van der Waals surface area contributed by atoms with Crippen LogP contribution >= 0.6 is 0 Å². The van der Waals surface area contributed by atoms with Gasteiger partial charge in [0.25, 0.3) is 0 Å². The summed E-state index contributed by atoms with van der Waals surface area (Å²) in [5.41, 5.74) is 1.76. The molecule has 0 saturated carbocycles. The Hall–Kier alpha value is -1.69. The third-order valence-corrected chi connectivity index (χ3v) is 3.70. The van der Waals surface area contributed by atoms with Gasteiger partial charge in [0.1, 0.15) is 11.8 Å². The second-order valence-corrected chi connectivity index (χ2v) is 5.14. The van der Waals surface area contributed by atoms with Crippen LogP contribution in [0.1, 0.15) is 32.3 Å². The molecule has 1 aromatic rings. The predicted octanol–water partition coefficient (Wildman–Crippen LogP) is 3.19. The van der Waals surface area contributed by atoms with Crippen molar-refractivity contribution in [2.24, 2.45) is 5.92 Å². The number of anilines is 1. The molecule has 2 rings (SSSR count). The fourth-order valence-corrected chi connectivity index (χ4v) is 2.76. The molecule has 96 valence electrons. The summed E-state index contributed by atoms with van der Waals surface area (Å²) in [6.45, 7) is 5.52. The van der Waals surface area contributed by atoms with Crippen LogP contribution in [0, 0.1) is 17.2 Å². The largest absolute Gasteiger partial charge is 0.497 e. The monoisotopic (exact) mass is 244 g/mol. The number of ether oxygens (including phenoxy) is 1. The van der Waals surface area contributed by atoms with Crippen molar-refractivity contribution in [2.75, 3.05) is 18.6 Å². The van der Waals surface area contributed by atoms with Gasteiger partial charge in [0.05, 0.1) is 18.4 Å². The molecule has 1 atom stereocenters. The quantitative estimate of drug-likeness (QED) is 0.819. The second-order valence-electron chi connectivity index (χ2n) is 5.14. The Morgan fingerprint density at radius 1 is 1.44 bits per heavy atom. The van der Waals surface area contributed by atoms with Crippen molar-refractivity contribution in [3.63, 3.8) is 0 Å². The molecule has 0 amide bonds. The summed E-state index contributed by atoms with van der Waals surface area (Å²) >= 11 is 0. The van der Waals surface area contributed by atoms with E-state index in [9.17, 15) is 5.26 Å². The molecule has 3 heteroatoms. The van der Waals surface area contributed by atoms with Crippen LogP contribution in [-0.4, -0.2) is 19.7 Å². The van der Waals surface area contributed by atoms with Crippen LogP contribution in [0.5, 0.6) is 5.75 Å². The summed E-state index contributed by atoms with van der Waals surface area (Å²) in [6.07, 6.45) is 2.41. The molecule has 0 aliphatic carbocycles. The topological polar surface area (TPSA) is 36.3 Å². The van der Waals surface area contributed by atoms with E-state index in [0.29, 0.717) is 12.0 Å². The third kappa shape index (κ3) is 2.28. The van der Waals surface area contributed by atoms with Crippen LogP contribution in [0.15, 0.2) is 18.2 Å². The number of hydrogen-bond donors (Lipinski definition) is 0. The maximum Gasteiger partial charge on any atom is 0.121 e. The Bertz CT molecular complexity index is 462. The van der Waals surface area contributed by atoms with E-state index in [1.807, 2.05) is 18.2 Å². The first-order chi connectivity index (χ1) is 8.67. The van der Waals surface area contributed by atoms with Gasteiger partial charge in [-0.05, 0) is 30.9 Å². The van der Waals surface area contributed by atoms with Crippen molar-refractivity contribution >= 4 is 5.69 Å². The maximum atomic E-state index is 9.25. The summed E-state index contributed by atoms with van der Waals surface area (Å²) in [5.74, 6) is 1.42. The average molecular weight is 244 g/mol. The summed E-state index contributed by atoms with van der Waals surface area (Å²) in [6, 6.07) is 8.50. The number of hydrogen-bond acceptors (Lipinski definition) is 3. The van der Waals surface area contributed by atoms with E-state index in [-0.39, 0.29) is 0 Å². The highest BCUT2D eigenvalue weighted by Gasteiger charge is 2.28. The maximum absolute atomic E-state index is 9.25. The smallest absolute Gasteiger partial charge is 0.121 e. The normalized spacial score (nSPS) is 19.1. The van der Waals surface area contributed by atoms with Crippen LogP contribution in [0.4, 0.5) is 5.69 Å². The van der Waals surface area contributed by atoms with Crippen LogP contribution in [0.2, 0.25) is 0 Å². The van der Waals surface area contributed by atoms with Gasteiger partial charge in [-0.1, -0.05) is 13.8 Å². The van der Waals surface area contributed by atoms with Crippen molar-refractivity contribution < 1.29 is 4.74 Å². The second kappa shape index (κ2) is 5.30. The summed E-state index contributed by atoms with van der Waals surface area (Å²) in [7, 11) is 1.66. The zero-order chi connectivity index (χ0) is 13.1. The van der Waals surface area contributed by atoms with Gasteiger partial charge in [0.2, 0.25) is 0 Å². The van der Waals surface area contributed by atoms with Gasteiger partial charge in [0.15, 0.2) is 0 Å². The molecule has 0 radical (unpaired) electrons. The fourth-order valence-electron chi connectivity index (χ4n) is 2.76. The number of methoxy groups -OCH3 is 1. The third-order valence-electron chi connectivity index (χ3n) is 3.70. The number of rotatable bonds is 3. The van der Waals surface area contributed by atoms with E-state index in [4.69, 9.17) is 4.74 Å². The highest BCUT2D eigenvalue weighted by molar-refractivity contribution is 5.63. The first kappa shape index (κ1) is 12.8. The average Bonchev–Trinajstić information content (AvgIpc) is 2.87. The Balaban J connectivity index is 2.39. The van der Waals surface area contributed by atoms with Gasteiger partial charge in [0, 0.05) is 18.7 Å². The molecule has 18 heavy (non-hydrogen) atoms. The SMILES string of the molecule is COc1ccc(C#N)c(N2CCCC2C(C)C)c1. The predicted molar refractivity (Wildman–Crippen MR) is 72.9 cm³/mol. The minimum absolute atomic E-state index is 0.532. The van der Waals surface area contributed by atoms with E-state index in [2.05, 4.69) is 24.8 Å². The Morgan fingerprint density at radius 2 is 2.22 bits per heavy atom. The molecular weight excluding hydrogens is 224 g/mol. The van der Waals surface area contributed by atoms with E-state index in [1.54, 1.807) is 7.11 Å². The lowest BCUT2D eigenvalue weighted by molar-refractivity contribution is 0.414. The summed E-state index contributed by atoms with van der Waals surface area (Å²) < 4.78 is 5.27. The van der Waals surface area contributed by atoms with Crippen LogP contribution in [0.3, 0.4) is 0 Å². The molecular formula is C15H20N2O. The summed E-state index contributed by atoms with van der Waals surface area (Å²) in [5, 5.41) is 9.25. The van der Waals surface area contributed by atoms with Crippen LogP contribution < -0.4 is 9.64 Å². The zero-order valence-corrected chi connectivity index (χ0v) is 11.3. The van der Waals surface area contributed by atoms with Gasteiger partial charge in [-0.3, -0.25) is 0 Å². The van der Waals surface area contributed by atoms with Gasteiger partial charge in [-0.25, -0.2) is 0 Å². The molecule has 0 spiro atoms. The summed E-state index contributed by atoms with van der Waals surface area (Å²) in [4.78, 5) is 2.37. The number of nitriles is 1. The molecule has 0 N–H and O–H groups in total. The van der Waals surface area contributed by atoms with E-state index >= 15 is 0 Å². The Kier molecular flexibility index (Phi) is 3.76. The number of benzene rings is 1. The first-order valence-corrected chi connectivity index (χ1v) is 6.52. The van der Waals surface area contributed by atoms with Gasteiger partial charge in [-0.15, -0.1) is 0 Å². The first-order valence-electron chi connectivity index (χ1n) is 6.52. The van der Waals surface area contributed by atoms with Gasteiger partial charge < -0.3 is 9.64 Å². The van der Waals surface area contributed by atoms with E-state index in [0.717, 1.165) is 23.5 Å². The zero-order valence-electron chi connectivity index (χ0n) is 11.3. The molecule has 1 aliphatic heterocycles. The van der Waals surface area contributed by atoms with Crippen molar-refractivity contribution in [3.05, 3.63) is 23.8 Å². The number of nitrogens with zero attached hydrogens (tertiary/aromatic N) is 2. The Morgan fingerprint density at radius 3 is 2.83 bits per heavy atom. The minimum Gasteiger partial charge on any atom is -0.497 e. The van der Waals surface area contributed by atoms with E-state index in [1.165, 1.54) is 12.8 Å². The molecule has 1 fully saturated rings. The Labute approximate surface area is 109 Å². The van der Waals surface area contributed by atoms with Gasteiger partial charge >= 0.3 is 0 Å². The van der Waals surface area contributed by atoms with Crippen LogP contribution in [-0.2, 0) is 0 Å². The molecule has 1 saturated heterocycles. The molecule has 1 unspecified atom stereocenters.